The molecule has 0 fully saturated rings. The van der Waals surface area contributed by atoms with E-state index in [1.54, 1.807) is 0 Å². The second-order valence-electron chi connectivity index (χ2n) is 7.79. The highest BCUT2D eigenvalue weighted by atomic mass is 16.4. The number of allylic oxidation sites excluding steroid dienone is 4. The molecule has 2 nitrogen and oxygen atoms in total. The fourth-order valence-electron chi connectivity index (χ4n) is 3.71. The molecule has 1 aromatic carbocycles. The van der Waals surface area contributed by atoms with E-state index in [1.165, 1.54) is 36.0 Å². The molecule has 0 saturated heterocycles. The second-order valence-corrected chi connectivity index (χ2v) is 7.79. The summed E-state index contributed by atoms with van der Waals surface area (Å²) in [6.45, 7) is 6.87. The zero-order valence-electron chi connectivity index (χ0n) is 16.3. The molecule has 2 rings (SSSR count). The van der Waals surface area contributed by atoms with Gasteiger partial charge in [0, 0.05) is 12.0 Å². The molecule has 0 aromatic heterocycles. The van der Waals surface area contributed by atoms with Crippen LogP contribution in [0.3, 0.4) is 0 Å². The van der Waals surface area contributed by atoms with E-state index < -0.39 is 5.97 Å². The van der Waals surface area contributed by atoms with Gasteiger partial charge < -0.3 is 5.11 Å². The van der Waals surface area contributed by atoms with Gasteiger partial charge in [-0.05, 0) is 74.1 Å². The van der Waals surface area contributed by atoms with Crippen molar-refractivity contribution < 1.29 is 9.90 Å². The lowest BCUT2D eigenvalue weighted by Crippen LogP contribution is -2.18. The van der Waals surface area contributed by atoms with Gasteiger partial charge >= 0.3 is 5.97 Å². The molecule has 1 aliphatic rings. The normalized spacial score (nSPS) is 16.4. The number of hydrogen-bond donors (Lipinski definition) is 1. The maximum absolute atomic E-state index is 10.6. The predicted octanol–water partition coefficient (Wildman–Crippen LogP) is 5.92. The molecule has 0 heterocycles. The van der Waals surface area contributed by atoms with Crippen molar-refractivity contribution in [2.75, 3.05) is 0 Å². The predicted molar refractivity (Wildman–Crippen MR) is 108 cm³/mol. The summed E-state index contributed by atoms with van der Waals surface area (Å²) in [7, 11) is 0. The topological polar surface area (TPSA) is 37.3 Å². The van der Waals surface area contributed by atoms with E-state index in [1.807, 2.05) is 24.3 Å². The number of carboxylic acids is 1. The largest absolute Gasteiger partial charge is 0.481 e. The zero-order chi connectivity index (χ0) is 19.0. The molecular formula is C24H30O2. The van der Waals surface area contributed by atoms with Crippen molar-refractivity contribution in [3.63, 3.8) is 0 Å². The quantitative estimate of drug-likeness (QED) is 0.511. The molecule has 26 heavy (non-hydrogen) atoms. The molecular weight excluding hydrogens is 320 g/mol. The van der Waals surface area contributed by atoms with Crippen LogP contribution in [-0.4, -0.2) is 11.1 Å². The van der Waals surface area contributed by atoms with Crippen molar-refractivity contribution in [3.8, 4) is 11.8 Å². The highest BCUT2D eigenvalue weighted by Gasteiger charge is 2.26. The van der Waals surface area contributed by atoms with Crippen LogP contribution in [0.25, 0.3) is 0 Å². The van der Waals surface area contributed by atoms with Gasteiger partial charge in [-0.2, -0.15) is 0 Å². The SMILES string of the molecule is CC1=C(C=CC#Cc2ccccc2CCCCC(=O)O)C(C)(C)CCC1. The molecule has 0 saturated carbocycles. The van der Waals surface area contributed by atoms with Gasteiger partial charge in [0.05, 0.1) is 0 Å². The first kappa shape index (κ1) is 20.0. The fourth-order valence-corrected chi connectivity index (χ4v) is 3.71. The Morgan fingerprint density at radius 3 is 2.77 bits per heavy atom. The monoisotopic (exact) mass is 350 g/mol. The fraction of sp³-hybridized carbons (Fsp3) is 0.458. The minimum Gasteiger partial charge on any atom is -0.481 e. The minimum absolute atomic E-state index is 0.237. The van der Waals surface area contributed by atoms with E-state index in [0.29, 0.717) is 6.42 Å². The Bertz CT molecular complexity index is 754. The lowest BCUT2D eigenvalue weighted by Gasteiger charge is -2.32. The average molecular weight is 351 g/mol. The Balaban J connectivity index is 2.04. The third-order valence-corrected chi connectivity index (χ3v) is 5.19. The van der Waals surface area contributed by atoms with Crippen LogP contribution in [0, 0.1) is 17.3 Å². The smallest absolute Gasteiger partial charge is 0.303 e. The molecule has 1 aliphatic carbocycles. The van der Waals surface area contributed by atoms with Gasteiger partial charge in [0.2, 0.25) is 0 Å². The Morgan fingerprint density at radius 1 is 1.27 bits per heavy atom. The van der Waals surface area contributed by atoms with Gasteiger partial charge in [0.1, 0.15) is 0 Å². The number of carboxylic acid groups (broad SMARTS) is 1. The molecule has 0 atom stereocenters. The third-order valence-electron chi connectivity index (χ3n) is 5.19. The van der Waals surface area contributed by atoms with E-state index in [9.17, 15) is 4.79 Å². The van der Waals surface area contributed by atoms with Crippen LogP contribution in [0.5, 0.6) is 0 Å². The molecule has 0 bridgehead atoms. The summed E-state index contributed by atoms with van der Waals surface area (Å²) in [5.41, 5.74) is 5.40. The van der Waals surface area contributed by atoms with Crippen LogP contribution < -0.4 is 0 Å². The molecule has 1 aromatic rings. The van der Waals surface area contributed by atoms with Gasteiger partial charge in [-0.3, -0.25) is 4.79 Å². The number of unbranched alkanes of at least 4 members (excludes halogenated alkanes) is 1. The number of benzene rings is 1. The zero-order valence-corrected chi connectivity index (χ0v) is 16.3. The summed E-state index contributed by atoms with van der Waals surface area (Å²) >= 11 is 0. The number of rotatable bonds is 6. The number of carbonyl (C=O) groups is 1. The van der Waals surface area contributed by atoms with Gasteiger partial charge in [-0.1, -0.05) is 55.5 Å². The minimum atomic E-state index is -0.724. The van der Waals surface area contributed by atoms with Crippen LogP contribution >= 0.6 is 0 Å². The Hall–Kier alpha value is -2.27. The van der Waals surface area contributed by atoms with Gasteiger partial charge in [-0.15, -0.1) is 0 Å². The summed E-state index contributed by atoms with van der Waals surface area (Å²) in [5.74, 6) is 5.74. The van der Waals surface area contributed by atoms with Gasteiger partial charge in [0.25, 0.3) is 0 Å². The average Bonchev–Trinajstić information content (AvgIpc) is 2.58. The number of aliphatic carboxylic acids is 1. The highest BCUT2D eigenvalue weighted by Crippen LogP contribution is 2.40. The van der Waals surface area contributed by atoms with Gasteiger partial charge in [0.15, 0.2) is 0 Å². The second kappa shape index (κ2) is 9.43. The Morgan fingerprint density at radius 2 is 2.04 bits per heavy atom. The first-order chi connectivity index (χ1) is 12.4. The summed E-state index contributed by atoms with van der Waals surface area (Å²) in [4.78, 5) is 10.6. The van der Waals surface area contributed by atoms with Gasteiger partial charge in [-0.25, -0.2) is 0 Å². The van der Waals surface area contributed by atoms with Crippen LogP contribution in [0.15, 0.2) is 47.6 Å². The van der Waals surface area contributed by atoms with Crippen LogP contribution in [0.1, 0.15) is 70.4 Å². The van der Waals surface area contributed by atoms with Crippen molar-refractivity contribution in [2.24, 2.45) is 5.41 Å². The molecule has 138 valence electrons. The van der Waals surface area contributed by atoms with Crippen molar-refractivity contribution in [1.29, 1.82) is 0 Å². The molecule has 0 radical (unpaired) electrons. The van der Waals surface area contributed by atoms with E-state index in [0.717, 1.165) is 18.4 Å². The van der Waals surface area contributed by atoms with Crippen molar-refractivity contribution in [3.05, 3.63) is 58.7 Å². The van der Waals surface area contributed by atoms with Crippen LogP contribution in [0.2, 0.25) is 0 Å². The lowest BCUT2D eigenvalue weighted by molar-refractivity contribution is -0.137. The summed E-state index contributed by atoms with van der Waals surface area (Å²) in [6.07, 6.45) is 10.6. The Labute approximate surface area is 158 Å². The van der Waals surface area contributed by atoms with Crippen LogP contribution in [-0.2, 0) is 11.2 Å². The van der Waals surface area contributed by atoms with Crippen LogP contribution in [0.4, 0.5) is 0 Å². The van der Waals surface area contributed by atoms with Crippen molar-refractivity contribution in [2.45, 2.75) is 65.7 Å². The molecule has 0 spiro atoms. The van der Waals surface area contributed by atoms with Crippen molar-refractivity contribution in [1.82, 2.24) is 0 Å². The molecule has 1 N–H and O–H groups in total. The first-order valence-electron chi connectivity index (χ1n) is 9.58. The molecule has 2 heteroatoms. The summed E-state index contributed by atoms with van der Waals surface area (Å²) < 4.78 is 0. The standard InChI is InChI=1S/C24H30O2/c1-19-11-10-18-24(2,3)22(19)16-8-6-14-20-12-4-5-13-21(20)15-7-9-17-23(25)26/h4-5,8,12-13,16H,7,9-11,15,17-18H2,1-3H3,(H,25,26). The maximum atomic E-state index is 10.6. The van der Waals surface area contributed by atoms with E-state index in [-0.39, 0.29) is 11.8 Å². The molecule has 0 unspecified atom stereocenters. The first-order valence-corrected chi connectivity index (χ1v) is 9.58. The maximum Gasteiger partial charge on any atom is 0.303 e. The Kier molecular flexibility index (Phi) is 7.27. The molecule has 0 amide bonds. The van der Waals surface area contributed by atoms with E-state index >= 15 is 0 Å². The van der Waals surface area contributed by atoms with E-state index in [4.69, 9.17) is 5.11 Å². The number of aryl methyl sites for hydroxylation is 1. The summed E-state index contributed by atoms with van der Waals surface area (Å²) in [6, 6.07) is 8.16. The third kappa shape index (κ3) is 5.92. The van der Waals surface area contributed by atoms with E-state index in [2.05, 4.69) is 44.8 Å². The number of hydrogen-bond acceptors (Lipinski definition) is 1. The lowest BCUT2D eigenvalue weighted by atomic mass is 9.73. The molecule has 0 aliphatic heterocycles. The van der Waals surface area contributed by atoms with Crippen molar-refractivity contribution >= 4 is 5.97 Å². The highest BCUT2D eigenvalue weighted by molar-refractivity contribution is 5.66. The summed E-state index contributed by atoms with van der Waals surface area (Å²) in [5, 5.41) is 8.74.